The lowest BCUT2D eigenvalue weighted by Gasteiger charge is -1.91. The van der Waals surface area contributed by atoms with Gasteiger partial charge >= 0.3 is 0 Å². The summed E-state index contributed by atoms with van der Waals surface area (Å²) >= 11 is 3.40. The first-order valence-electron chi connectivity index (χ1n) is 4.75. The van der Waals surface area contributed by atoms with E-state index >= 15 is 0 Å². The van der Waals surface area contributed by atoms with Gasteiger partial charge in [0.2, 0.25) is 0 Å². The van der Waals surface area contributed by atoms with Crippen molar-refractivity contribution in [3.63, 3.8) is 0 Å². The summed E-state index contributed by atoms with van der Waals surface area (Å²) in [7, 11) is 0. The molecule has 0 aliphatic heterocycles. The molecule has 0 radical (unpaired) electrons. The molecule has 0 atom stereocenters. The smallest absolute Gasteiger partial charge is 0.183 e. The summed E-state index contributed by atoms with van der Waals surface area (Å²) in [5.41, 5.74) is 1.74. The van der Waals surface area contributed by atoms with E-state index in [0.717, 1.165) is 15.7 Å². The molecule has 3 aromatic rings. The molecule has 0 aliphatic rings. The second-order valence-corrected chi connectivity index (χ2v) is 4.24. The Labute approximate surface area is 100 Å². The summed E-state index contributed by atoms with van der Waals surface area (Å²) in [4.78, 5) is 8.47. The lowest BCUT2D eigenvalue weighted by atomic mass is 10.3. The summed E-state index contributed by atoms with van der Waals surface area (Å²) in [6.07, 6.45) is 5.36. The summed E-state index contributed by atoms with van der Waals surface area (Å²) in [6, 6.07) is 7.67. The van der Waals surface area contributed by atoms with Crippen molar-refractivity contribution in [2.24, 2.45) is 0 Å². The van der Waals surface area contributed by atoms with Crippen molar-refractivity contribution < 1.29 is 0 Å². The van der Waals surface area contributed by atoms with Gasteiger partial charge in [-0.3, -0.25) is 4.98 Å². The Morgan fingerprint density at radius 3 is 2.94 bits per heavy atom. The highest BCUT2D eigenvalue weighted by Gasteiger charge is 2.05. The highest BCUT2D eigenvalue weighted by Crippen LogP contribution is 2.16. The molecule has 16 heavy (non-hydrogen) atoms. The first-order chi connectivity index (χ1) is 7.83. The van der Waals surface area contributed by atoms with Crippen LogP contribution in [0.15, 0.2) is 47.3 Å². The molecule has 0 amide bonds. The number of nitrogens with zero attached hydrogens (tertiary/aromatic N) is 4. The fraction of sp³-hybridized carbons (Fsp3) is 0. The number of hydrogen-bond acceptors (Lipinski definition) is 3. The molecule has 0 aliphatic carbocycles. The van der Waals surface area contributed by atoms with Crippen LogP contribution in [0.1, 0.15) is 0 Å². The molecule has 0 bridgehead atoms. The highest BCUT2D eigenvalue weighted by atomic mass is 79.9. The van der Waals surface area contributed by atoms with Gasteiger partial charge in [0.05, 0.1) is 0 Å². The Hall–Kier alpha value is -1.75. The number of aromatic nitrogens is 4. The maximum atomic E-state index is 4.42. The third kappa shape index (κ3) is 1.59. The van der Waals surface area contributed by atoms with Crippen LogP contribution in [-0.4, -0.2) is 19.6 Å². The predicted octanol–water partition coefficient (Wildman–Crippen LogP) is 2.55. The number of pyridine rings is 2. The largest absolute Gasteiger partial charge is 0.264 e. The monoisotopic (exact) mass is 274 g/mol. The van der Waals surface area contributed by atoms with Crippen molar-refractivity contribution in [1.29, 1.82) is 0 Å². The van der Waals surface area contributed by atoms with Gasteiger partial charge in [-0.2, -0.15) is 0 Å². The molecule has 0 saturated carbocycles. The highest BCUT2D eigenvalue weighted by molar-refractivity contribution is 9.10. The van der Waals surface area contributed by atoms with Crippen molar-refractivity contribution in [2.75, 3.05) is 0 Å². The summed E-state index contributed by atoms with van der Waals surface area (Å²) in [6.45, 7) is 0. The fourth-order valence-corrected chi connectivity index (χ4v) is 1.80. The molecule has 0 aromatic carbocycles. The molecule has 0 N–H and O–H groups in total. The Bertz CT molecular complexity index is 633. The van der Waals surface area contributed by atoms with Crippen LogP contribution in [-0.2, 0) is 0 Å². The van der Waals surface area contributed by atoms with E-state index in [2.05, 4.69) is 31.0 Å². The van der Waals surface area contributed by atoms with Gasteiger partial charge in [0.1, 0.15) is 0 Å². The molecule has 5 heteroatoms. The van der Waals surface area contributed by atoms with Gasteiger partial charge in [0.25, 0.3) is 0 Å². The summed E-state index contributed by atoms with van der Waals surface area (Å²) in [5.74, 6) is 0.686. The van der Waals surface area contributed by atoms with Crippen LogP contribution in [0.5, 0.6) is 0 Å². The zero-order valence-corrected chi connectivity index (χ0v) is 9.79. The molecule has 0 fully saturated rings. The minimum absolute atomic E-state index is 0.686. The summed E-state index contributed by atoms with van der Waals surface area (Å²) < 4.78 is 2.72. The number of fused-ring (bicyclic) bond motifs is 1. The van der Waals surface area contributed by atoms with Crippen LogP contribution in [0.3, 0.4) is 0 Å². The van der Waals surface area contributed by atoms with Crippen LogP contribution in [0.2, 0.25) is 0 Å². The van der Waals surface area contributed by atoms with Crippen LogP contribution in [0, 0.1) is 0 Å². The average molecular weight is 275 g/mol. The van der Waals surface area contributed by atoms with Gasteiger partial charge in [-0.25, -0.2) is 9.50 Å². The fourth-order valence-electron chi connectivity index (χ4n) is 1.48. The molecule has 0 saturated heterocycles. The van der Waals surface area contributed by atoms with Gasteiger partial charge in [0.15, 0.2) is 11.5 Å². The Morgan fingerprint density at radius 1 is 1.19 bits per heavy atom. The van der Waals surface area contributed by atoms with Crippen molar-refractivity contribution in [1.82, 2.24) is 19.6 Å². The SMILES string of the molecule is Brc1ccc2nc(-c3cccnc3)nn2c1. The summed E-state index contributed by atoms with van der Waals surface area (Å²) in [5, 5.41) is 4.38. The van der Waals surface area contributed by atoms with Gasteiger partial charge in [-0.15, -0.1) is 5.10 Å². The minimum Gasteiger partial charge on any atom is -0.264 e. The zero-order chi connectivity index (χ0) is 11.0. The third-order valence-corrected chi connectivity index (χ3v) is 2.68. The van der Waals surface area contributed by atoms with Crippen molar-refractivity contribution in [2.45, 2.75) is 0 Å². The predicted molar refractivity (Wildman–Crippen MR) is 63.9 cm³/mol. The quantitative estimate of drug-likeness (QED) is 0.685. The van der Waals surface area contributed by atoms with Gasteiger partial charge in [0, 0.05) is 28.6 Å². The van der Waals surface area contributed by atoms with Gasteiger partial charge in [-0.1, -0.05) is 0 Å². The molecule has 3 aromatic heterocycles. The van der Waals surface area contributed by atoms with Crippen LogP contribution >= 0.6 is 15.9 Å². The van der Waals surface area contributed by atoms with E-state index < -0.39 is 0 Å². The Morgan fingerprint density at radius 2 is 2.12 bits per heavy atom. The molecule has 78 valence electrons. The number of halogens is 1. The second-order valence-electron chi connectivity index (χ2n) is 3.33. The molecule has 0 spiro atoms. The van der Waals surface area contributed by atoms with Crippen LogP contribution in [0.25, 0.3) is 17.0 Å². The van der Waals surface area contributed by atoms with E-state index in [4.69, 9.17) is 0 Å². The van der Waals surface area contributed by atoms with Crippen molar-refractivity contribution in [3.05, 3.63) is 47.3 Å². The van der Waals surface area contributed by atoms with Crippen LogP contribution < -0.4 is 0 Å². The Kier molecular flexibility index (Phi) is 2.18. The van der Waals surface area contributed by atoms with E-state index in [0.29, 0.717) is 5.82 Å². The van der Waals surface area contributed by atoms with E-state index in [-0.39, 0.29) is 0 Å². The minimum atomic E-state index is 0.686. The zero-order valence-electron chi connectivity index (χ0n) is 8.21. The first-order valence-corrected chi connectivity index (χ1v) is 5.54. The topological polar surface area (TPSA) is 43.1 Å². The standard InChI is InChI=1S/C11H7BrN4/c12-9-3-4-10-14-11(15-16(10)7-9)8-2-1-5-13-6-8/h1-7H. The maximum absolute atomic E-state index is 4.42. The normalized spacial score (nSPS) is 10.8. The average Bonchev–Trinajstić information content (AvgIpc) is 2.73. The molecule has 3 rings (SSSR count). The molecular formula is C11H7BrN4. The first kappa shape index (κ1) is 9.47. The Balaban J connectivity index is 2.19. The lowest BCUT2D eigenvalue weighted by Crippen LogP contribution is -1.86. The van der Waals surface area contributed by atoms with Gasteiger partial charge < -0.3 is 0 Å². The van der Waals surface area contributed by atoms with Gasteiger partial charge in [-0.05, 0) is 40.2 Å². The molecule has 0 unspecified atom stereocenters. The molecule has 4 nitrogen and oxygen atoms in total. The third-order valence-electron chi connectivity index (χ3n) is 2.21. The molecular weight excluding hydrogens is 268 g/mol. The van der Waals surface area contributed by atoms with Crippen LogP contribution in [0.4, 0.5) is 0 Å². The van der Waals surface area contributed by atoms with Crippen molar-refractivity contribution >= 4 is 21.6 Å². The van der Waals surface area contributed by atoms with E-state index in [1.807, 2.05) is 30.5 Å². The number of hydrogen-bond donors (Lipinski definition) is 0. The van der Waals surface area contributed by atoms with E-state index in [1.165, 1.54) is 0 Å². The maximum Gasteiger partial charge on any atom is 0.183 e. The lowest BCUT2D eigenvalue weighted by molar-refractivity contribution is 0.960. The van der Waals surface area contributed by atoms with E-state index in [1.54, 1.807) is 16.9 Å². The second kappa shape index (κ2) is 3.68. The molecule has 3 heterocycles. The van der Waals surface area contributed by atoms with Crippen molar-refractivity contribution in [3.8, 4) is 11.4 Å². The number of rotatable bonds is 1. The van der Waals surface area contributed by atoms with E-state index in [9.17, 15) is 0 Å².